The third kappa shape index (κ3) is 2.69. The summed E-state index contributed by atoms with van der Waals surface area (Å²) in [5.41, 5.74) is 0.412. The molecule has 3 aromatic rings. The van der Waals surface area contributed by atoms with E-state index in [4.69, 9.17) is 4.74 Å². The first-order valence-electron chi connectivity index (χ1n) is 5.95. The second-order valence-corrected chi connectivity index (χ2v) is 5.31. The van der Waals surface area contributed by atoms with Gasteiger partial charge in [0.25, 0.3) is 0 Å². The van der Waals surface area contributed by atoms with Gasteiger partial charge in [0.15, 0.2) is 0 Å². The van der Waals surface area contributed by atoms with Crippen LogP contribution in [0, 0.1) is 0 Å². The molecule has 3 rings (SSSR count). The number of aromatic nitrogens is 2. The Morgan fingerprint density at radius 2 is 1.95 bits per heavy atom. The zero-order chi connectivity index (χ0) is 15.0. The maximum atomic E-state index is 12.5. The highest BCUT2D eigenvalue weighted by atomic mass is 32.1. The van der Waals surface area contributed by atoms with Crippen molar-refractivity contribution in [2.24, 2.45) is 0 Å². The Kier molecular flexibility index (Phi) is 3.29. The number of pyridine rings is 1. The number of alkyl halides is 3. The average molecular weight is 310 g/mol. The van der Waals surface area contributed by atoms with E-state index >= 15 is 0 Å². The summed E-state index contributed by atoms with van der Waals surface area (Å²) in [6.07, 6.45) is -3.56. The molecule has 2 aromatic heterocycles. The molecule has 0 aliphatic rings. The molecule has 0 unspecified atom stereocenters. The lowest BCUT2D eigenvalue weighted by atomic mass is 10.2. The van der Waals surface area contributed by atoms with E-state index in [0.29, 0.717) is 16.5 Å². The van der Waals surface area contributed by atoms with Crippen LogP contribution in [0.15, 0.2) is 36.5 Å². The van der Waals surface area contributed by atoms with Gasteiger partial charge in [0.2, 0.25) is 0 Å². The number of rotatable bonds is 2. The summed E-state index contributed by atoms with van der Waals surface area (Å²) in [6.45, 7) is 0. The fraction of sp³-hybridized carbons (Fsp3) is 0.143. The molecule has 7 heteroatoms. The first kappa shape index (κ1) is 13.8. The third-order valence-corrected chi connectivity index (χ3v) is 3.95. The summed E-state index contributed by atoms with van der Waals surface area (Å²) in [5.74, 6) is 0.707. The van der Waals surface area contributed by atoms with Crippen molar-refractivity contribution in [2.75, 3.05) is 7.11 Å². The molecule has 0 spiro atoms. The van der Waals surface area contributed by atoms with Gasteiger partial charge < -0.3 is 4.74 Å². The second-order valence-electron chi connectivity index (χ2n) is 4.28. The average Bonchev–Trinajstić information content (AvgIpc) is 2.89. The Labute approximate surface area is 122 Å². The van der Waals surface area contributed by atoms with Gasteiger partial charge in [-0.25, -0.2) is 4.98 Å². The van der Waals surface area contributed by atoms with Crippen LogP contribution < -0.4 is 4.74 Å². The van der Waals surface area contributed by atoms with Gasteiger partial charge in [0, 0.05) is 6.20 Å². The van der Waals surface area contributed by atoms with Gasteiger partial charge in [-0.2, -0.15) is 13.2 Å². The summed E-state index contributed by atoms with van der Waals surface area (Å²) in [5, 5.41) is 0.576. The molecule has 1 aromatic carbocycles. The van der Waals surface area contributed by atoms with Gasteiger partial charge in [-0.15, -0.1) is 11.3 Å². The number of benzene rings is 1. The lowest BCUT2D eigenvalue weighted by Gasteiger charge is -2.05. The van der Waals surface area contributed by atoms with E-state index in [9.17, 15) is 13.2 Å². The van der Waals surface area contributed by atoms with Crippen LogP contribution in [0.4, 0.5) is 13.2 Å². The number of hydrogen-bond donors (Lipinski definition) is 0. The monoisotopic (exact) mass is 310 g/mol. The topological polar surface area (TPSA) is 35.0 Å². The molecule has 0 saturated heterocycles. The van der Waals surface area contributed by atoms with E-state index in [-0.39, 0.29) is 0 Å². The molecule has 0 amide bonds. The minimum Gasteiger partial charge on any atom is -0.497 e. The molecule has 0 saturated carbocycles. The van der Waals surface area contributed by atoms with Crippen molar-refractivity contribution in [1.29, 1.82) is 0 Å². The normalized spacial score (nSPS) is 11.8. The summed E-state index contributed by atoms with van der Waals surface area (Å²) in [7, 11) is 1.57. The quantitative estimate of drug-likeness (QED) is 0.704. The lowest BCUT2D eigenvalue weighted by molar-refractivity contribution is -0.137. The summed E-state index contributed by atoms with van der Waals surface area (Å²) in [6, 6.07) is 7.76. The van der Waals surface area contributed by atoms with E-state index in [0.717, 1.165) is 22.5 Å². The molecule has 0 aliphatic heterocycles. The zero-order valence-electron chi connectivity index (χ0n) is 10.8. The van der Waals surface area contributed by atoms with Gasteiger partial charge >= 0.3 is 6.18 Å². The lowest BCUT2D eigenvalue weighted by Crippen LogP contribution is -2.05. The van der Waals surface area contributed by atoms with E-state index in [1.165, 1.54) is 17.4 Å². The van der Waals surface area contributed by atoms with E-state index in [2.05, 4.69) is 9.97 Å². The Hall–Kier alpha value is -2.15. The number of ether oxygens (including phenoxy) is 1. The number of fused-ring (bicyclic) bond motifs is 1. The molecule has 2 heterocycles. The highest BCUT2D eigenvalue weighted by Crippen LogP contribution is 2.33. The fourth-order valence-corrected chi connectivity index (χ4v) is 2.80. The largest absolute Gasteiger partial charge is 0.497 e. The molecule has 0 aliphatic carbocycles. The molecular weight excluding hydrogens is 301 g/mol. The van der Waals surface area contributed by atoms with Crippen molar-refractivity contribution < 1.29 is 17.9 Å². The predicted octanol–water partition coefficient (Wildman–Crippen LogP) is 4.39. The highest BCUT2D eigenvalue weighted by Gasteiger charge is 2.30. The molecule has 0 radical (unpaired) electrons. The smallest absolute Gasteiger partial charge is 0.417 e. The SMILES string of the molecule is COc1ccc2nc(-c3ccc(C(F)(F)F)cn3)sc2c1. The van der Waals surface area contributed by atoms with Crippen LogP contribution >= 0.6 is 11.3 Å². The zero-order valence-corrected chi connectivity index (χ0v) is 11.6. The van der Waals surface area contributed by atoms with Gasteiger partial charge in [0.1, 0.15) is 10.8 Å². The summed E-state index contributed by atoms with van der Waals surface area (Å²) in [4.78, 5) is 8.22. The Balaban J connectivity index is 2.00. The molecule has 0 atom stereocenters. The summed E-state index contributed by atoms with van der Waals surface area (Å²) < 4.78 is 43.5. The van der Waals surface area contributed by atoms with Crippen molar-refractivity contribution in [3.05, 3.63) is 42.1 Å². The van der Waals surface area contributed by atoms with Crippen LogP contribution in [0.5, 0.6) is 5.75 Å². The molecule has 108 valence electrons. The predicted molar refractivity (Wildman–Crippen MR) is 74.4 cm³/mol. The standard InChI is InChI=1S/C14H9F3N2OS/c1-20-9-3-5-10-12(6-9)21-13(19-10)11-4-2-8(7-18-11)14(15,16)17/h2-7H,1H3. The van der Waals surface area contributed by atoms with E-state index < -0.39 is 11.7 Å². The molecule has 0 N–H and O–H groups in total. The number of methoxy groups -OCH3 is 1. The highest BCUT2D eigenvalue weighted by molar-refractivity contribution is 7.21. The van der Waals surface area contributed by atoms with E-state index in [1.54, 1.807) is 19.2 Å². The Morgan fingerprint density at radius 3 is 2.57 bits per heavy atom. The summed E-state index contributed by atoms with van der Waals surface area (Å²) >= 11 is 1.36. The number of halogens is 3. The fourth-order valence-electron chi connectivity index (χ4n) is 1.83. The number of hydrogen-bond acceptors (Lipinski definition) is 4. The van der Waals surface area contributed by atoms with Crippen LogP contribution in [0.25, 0.3) is 20.9 Å². The number of thiazole rings is 1. The minimum atomic E-state index is -4.38. The first-order chi connectivity index (χ1) is 9.97. The van der Waals surface area contributed by atoms with Crippen molar-refractivity contribution >= 4 is 21.6 Å². The van der Waals surface area contributed by atoms with Crippen molar-refractivity contribution in [2.45, 2.75) is 6.18 Å². The molecule has 21 heavy (non-hydrogen) atoms. The Bertz CT molecular complexity index is 781. The van der Waals surface area contributed by atoms with Gasteiger partial charge in [-0.3, -0.25) is 4.98 Å². The van der Waals surface area contributed by atoms with Crippen molar-refractivity contribution in [3.63, 3.8) is 0 Å². The maximum Gasteiger partial charge on any atom is 0.417 e. The van der Waals surface area contributed by atoms with Gasteiger partial charge in [-0.1, -0.05) is 0 Å². The van der Waals surface area contributed by atoms with Crippen LogP contribution in [0.2, 0.25) is 0 Å². The minimum absolute atomic E-state index is 0.420. The van der Waals surface area contributed by atoms with Gasteiger partial charge in [-0.05, 0) is 30.3 Å². The molecule has 3 nitrogen and oxygen atoms in total. The molecule has 0 fully saturated rings. The molecular formula is C14H9F3N2OS. The van der Waals surface area contributed by atoms with Crippen LogP contribution in [-0.4, -0.2) is 17.1 Å². The molecule has 0 bridgehead atoms. The second kappa shape index (κ2) is 5.00. The maximum absolute atomic E-state index is 12.5. The van der Waals surface area contributed by atoms with Crippen LogP contribution in [-0.2, 0) is 6.18 Å². The van der Waals surface area contributed by atoms with Crippen molar-refractivity contribution in [3.8, 4) is 16.5 Å². The van der Waals surface area contributed by atoms with Crippen LogP contribution in [0.3, 0.4) is 0 Å². The van der Waals surface area contributed by atoms with Crippen molar-refractivity contribution in [1.82, 2.24) is 9.97 Å². The Morgan fingerprint density at radius 1 is 1.14 bits per heavy atom. The van der Waals surface area contributed by atoms with E-state index in [1.807, 2.05) is 6.07 Å². The third-order valence-electron chi connectivity index (χ3n) is 2.91. The van der Waals surface area contributed by atoms with Gasteiger partial charge in [0.05, 0.1) is 28.6 Å². The number of nitrogens with zero attached hydrogens (tertiary/aromatic N) is 2. The van der Waals surface area contributed by atoms with Crippen LogP contribution in [0.1, 0.15) is 5.56 Å². The first-order valence-corrected chi connectivity index (χ1v) is 6.77.